The van der Waals surface area contributed by atoms with Gasteiger partial charge in [-0.1, -0.05) is 27.7 Å². The van der Waals surface area contributed by atoms with Crippen molar-refractivity contribution in [1.29, 1.82) is 5.26 Å². The molecule has 0 bridgehead atoms. The van der Waals surface area contributed by atoms with Crippen molar-refractivity contribution in [3.05, 3.63) is 16.8 Å². The molecule has 2 rings (SSSR count). The molecule has 1 saturated heterocycles. The standard InChI is InChI=1S/C15H22N4O/c1-5-11-12(7-16)14(18-17-13(11)6-2)19-8-15(20,9-19)10(3)4/h10,20H,5-6,8-9H2,1-4H3. The highest BCUT2D eigenvalue weighted by Gasteiger charge is 2.45. The third-order valence-electron chi connectivity index (χ3n) is 4.24. The molecule has 0 aliphatic carbocycles. The van der Waals surface area contributed by atoms with Gasteiger partial charge in [0.15, 0.2) is 5.82 Å². The summed E-state index contributed by atoms with van der Waals surface area (Å²) in [6, 6.07) is 2.27. The van der Waals surface area contributed by atoms with Crippen LogP contribution < -0.4 is 4.90 Å². The molecule has 1 N–H and O–H groups in total. The zero-order valence-corrected chi connectivity index (χ0v) is 12.6. The van der Waals surface area contributed by atoms with Crippen LogP contribution in [-0.4, -0.2) is 34.0 Å². The molecule has 5 heteroatoms. The van der Waals surface area contributed by atoms with Gasteiger partial charge in [0.2, 0.25) is 0 Å². The maximum atomic E-state index is 10.3. The van der Waals surface area contributed by atoms with E-state index in [4.69, 9.17) is 0 Å². The van der Waals surface area contributed by atoms with E-state index in [-0.39, 0.29) is 5.92 Å². The van der Waals surface area contributed by atoms with Gasteiger partial charge in [-0.2, -0.15) is 10.4 Å². The highest BCUT2D eigenvalue weighted by atomic mass is 16.3. The van der Waals surface area contributed by atoms with Gasteiger partial charge in [0.1, 0.15) is 17.2 Å². The summed E-state index contributed by atoms with van der Waals surface area (Å²) < 4.78 is 0. The van der Waals surface area contributed by atoms with Gasteiger partial charge in [0, 0.05) is 0 Å². The molecule has 1 fully saturated rings. The molecule has 20 heavy (non-hydrogen) atoms. The van der Waals surface area contributed by atoms with Crippen LogP contribution in [0.3, 0.4) is 0 Å². The summed E-state index contributed by atoms with van der Waals surface area (Å²) in [5.41, 5.74) is 1.82. The average Bonchev–Trinajstić information content (AvgIpc) is 2.41. The Balaban J connectivity index is 2.34. The minimum Gasteiger partial charge on any atom is -0.386 e. The van der Waals surface area contributed by atoms with Crippen LogP contribution in [0.4, 0.5) is 5.82 Å². The van der Waals surface area contributed by atoms with Crippen molar-refractivity contribution < 1.29 is 5.11 Å². The van der Waals surface area contributed by atoms with E-state index in [1.807, 2.05) is 32.6 Å². The monoisotopic (exact) mass is 274 g/mol. The molecule has 0 aromatic carbocycles. The van der Waals surface area contributed by atoms with Crippen molar-refractivity contribution in [1.82, 2.24) is 10.2 Å². The first kappa shape index (κ1) is 14.7. The number of aliphatic hydroxyl groups is 1. The Labute approximate surface area is 120 Å². The van der Waals surface area contributed by atoms with E-state index in [2.05, 4.69) is 16.3 Å². The fraction of sp³-hybridized carbons (Fsp3) is 0.667. The second-order valence-electron chi connectivity index (χ2n) is 5.76. The van der Waals surface area contributed by atoms with Crippen LogP contribution in [0.25, 0.3) is 0 Å². The van der Waals surface area contributed by atoms with Crippen molar-refractivity contribution in [2.75, 3.05) is 18.0 Å². The highest BCUT2D eigenvalue weighted by Crippen LogP contribution is 2.34. The fourth-order valence-corrected chi connectivity index (χ4v) is 2.63. The van der Waals surface area contributed by atoms with Gasteiger partial charge >= 0.3 is 0 Å². The van der Waals surface area contributed by atoms with E-state index in [9.17, 15) is 10.4 Å². The molecular weight excluding hydrogens is 252 g/mol. The summed E-state index contributed by atoms with van der Waals surface area (Å²) in [7, 11) is 0. The van der Waals surface area contributed by atoms with Crippen molar-refractivity contribution in [3.8, 4) is 6.07 Å². The number of hydrogen-bond donors (Lipinski definition) is 1. The predicted molar refractivity (Wildman–Crippen MR) is 77.5 cm³/mol. The van der Waals surface area contributed by atoms with Crippen molar-refractivity contribution >= 4 is 5.82 Å². The predicted octanol–water partition coefficient (Wildman–Crippen LogP) is 1.68. The van der Waals surface area contributed by atoms with E-state index >= 15 is 0 Å². The molecular formula is C15H22N4O. The number of anilines is 1. The Hall–Kier alpha value is -1.67. The number of β-amino-alcohol motifs (C(OH)–C–C–N with tert-alkyl or cyclic N) is 1. The smallest absolute Gasteiger partial charge is 0.169 e. The third-order valence-corrected chi connectivity index (χ3v) is 4.24. The van der Waals surface area contributed by atoms with Gasteiger partial charge in [0.05, 0.1) is 18.8 Å². The molecule has 0 saturated carbocycles. The number of aryl methyl sites for hydroxylation is 1. The van der Waals surface area contributed by atoms with Crippen LogP contribution in [0.2, 0.25) is 0 Å². The van der Waals surface area contributed by atoms with Gasteiger partial charge in [-0.05, 0) is 24.3 Å². The van der Waals surface area contributed by atoms with E-state index in [1.54, 1.807) is 0 Å². The van der Waals surface area contributed by atoms with E-state index < -0.39 is 5.60 Å². The Morgan fingerprint density at radius 2 is 1.95 bits per heavy atom. The van der Waals surface area contributed by atoms with Crippen molar-refractivity contribution in [3.63, 3.8) is 0 Å². The van der Waals surface area contributed by atoms with Crippen LogP contribution in [0.1, 0.15) is 44.5 Å². The molecule has 5 nitrogen and oxygen atoms in total. The molecule has 0 amide bonds. The minimum atomic E-state index is -0.676. The maximum Gasteiger partial charge on any atom is 0.169 e. The van der Waals surface area contributed by atoms with Gasteiger partial charge in [-0.25, -0.2) is 0 Å². The molecule has 0 atom stereocenters. The van der Waals surface area contributed by atoms with Crippen LogP contribution in [0.15, 0.2) is 0 Å². The Kier molecular flexibility index (Phi) is 3.96. The summed E-state index contributed by atoms with van der Waals surface area (Å²) in [5.74, 6) is 0.810. The van der Waals surface area contributed by atoms with Gasteiger partial charge in [0.25, 0.3) is 0 Å². The lowest BCUT2D eigenvalue weighted by atomic mass is 9.82. The SMILES string of the molecule is CCc1nnc(N2CC(O)(C(C)C)C2)c(C#N)c1CC. The second-order valence-corrected chi connectivity index (χ2v) is 5.76. The largest absolute Gasteiger partial charge is 0.386 e. The summed E-state index contributed by atoms with van der Waals surface area (Å²) in [6.07, 6.45) is 1.55. The first-order chi connectivity index (χ1) is 9.46. The number of nitrogens with zero attached hydrogens (tertiary/aromatic N) is 4. The number of hydrogen-bond acceptors (Lipinski definition) is 5. The lowest BCUT2D eigenvalue weighted by Crippen LogP contribution is -2.65. The quantitative estimate of drug-likeness (QED) is 0.904. The number of nitriles is 1. The van der Waals surface area contributed by atoms with Gasteiger partial charge in [-0.3, -0.25) is 0 Å². The molecule has 0 radical (unpaired) electrons. The Bertz CT molecular complexity index is 542. The second kappa shape index (κ2) is 5.37. The summed E-state index contributed by atoms with van der Waals surface area (Å²) >= 11 is 0. The molecule has 0 spiro atoms. The van der Waals surface area contributed by atoms with Crippen LogP contribution in [0, 0.1) is 17.2 Å². The van der Waals surface area contributed by atoms with Crippen LogP contribution >= 0.6 is 0 Å². The third kappa shape index (κ3) is 2.25. The molecule has 2 heterocycles. The van der Waals surface area contributed by atoms with Gasteiger partial charge in [-0.15, -0.1) is 5.10 Å². The summed E-state index contributed by atoms with van der Waals surface area (Å²) in [4.78, 5) is 1.95. The number of rotatable bonds is 4. The molecule has 108 valence electrons. The zero-order valence-electron chi connectivity index (χ0n) is 12.6. The first-order valence-electron chi connectivity index (χ1n) is 7.22. The van der Waals surface area contributed by atoms with Crippen molar-refractivity contribution in [2.24, 2.45) is 5.92 Å². The Morgan fingerprint density at radius 3 is 2.40 bits per heavy atom. The summed E-state index contributed by atoms with van der Waals surface area (Å²) in [5, 5.41) is 28.3. The topological polar surface area (TPSA) is 73.0 Å². The van der Waals surface area contributed by atoms with Crippen LogP contribution in [-0.2, 0) is 12.8 Å². The van der Waals surface area contributed by atoms with E-state index in [0.29, 0.717) is 24.5 Å². The summed E-state index contributed by atoms with van der Waals surface area (Å²) in [6.45, 7) is 9.09. The lowest BCUT2D eigenvalue weighted by Gasteiger charge is -2.49. The van der Waals surface area contributed by atoms with E-state index in [0.717, 1.165) is 24.1 Å². The molecule has 0 unspecified atom stereocenters. The maximum absolute atomic E-state index is 10.3. The number of aromatic nitrogens is 2. The normalized spacial score (nSPS) is 16.9. The zero-order chi connectivity index (χ0) is 14.9. The molecule has 1 aromatic rings. The van der Waals surface area contributed by atoms with Gasteiger partial charge < -0.3 is 10.0 Å². The van der Waals surface area contributed by atoms with Crippen LogP contribution in [0.5, 0.6) is 0 Å². The highest BCUT2D eigenvalue weighted by molar-refractivity contribution is 5.60. The minimum absolute atomic E-state index is 0.192. The first-order valence-corrected chi connectivity index (χ1v) is 7.22. The fourth-order valence-electron chi connectivity index (χ4n) is 2.63. The average molecular weight is 274 g/mol. The molecule has 1 aliphatic rings. The molecule has 1 aromatic heterocycles. The Morgan fingerprint density at radius 1 is 1.30 bits per heavy atom. The lowest BCUT2D eigenvalue weighted by molar-refractivity contribution is -0.0305. The molecule has 1 aliphatic heterocycles. The van der Waals surface area contributed by atoms with Crippen molar-refractivity contribution in [2.45, 2.75) is 46.1 Å². The van der Waals surface area contributed by atoms with E-state index in [1.165, 1.54) is 0 Å².